The molecule has 1 heterocycles. The van der Waals surface area contributed by atoms with Gasteiger partial charge >= 0.3 is 0 Å². The van der Waals surface area contributed by atoms with Gasteiger partial charge < -0.3 is 0 Å². The topological polar surface area (TPSA) is 64.8 Å². The van der Waals surface area contributed by atoms with Crippen LogP contribution in [0.1, 0.15) is 19.4 Å². The first kappa shape index (κ1) is 16.3. The molecular weight excluding hydrogens is 333 g/mol. The van der Waals surface area contributed by atoms with E-state index in [4.69, 9.17) is 22.3 Å². The minimum atomic E-state index is -3.96. The van der Waals surface area contributed by atoms with Crippen LogP contribution in [0.2, 0.25) is 5.02 Å². The van der Waals surface area contributed by atoms with Gasteiger partial charge in [-0.1, -0.05) is 31.5 Å². The Hall–Kier alpha value is -1.11. The van der Waals surface area contributed by atoms with Crippen molar-refractivity contribution in [2.24, 2.45) is 5.92 Å². The van der Waals surface area contributed by atoms with Gasteiger partial charge in [-0.25, -0.2) is 8.42 Å². The van der Waals surface area contributed by atoms with Crippen molar-refractivity contribution >= 4 is 31.3 Å². The van der Waals surface area contributed by atoms with Crippen molar-refractivity contribution in [3.8, 4) is 11.4 Å². The summed E-state index contributed by atoms with van der Waals surface area (Å²) in [5.74, 6) is 0.652. The SMILES string of the molecule is Cc1ccc(Cl)cc1-c1nnc(S(=O)(=O)Cl)n1CC(C)C. The van der Waals surface area contributed by atoms with Crippen LogP contribution < -0.4 is 0 Å². The van der Waals surface area contributed by atoms with Gasteiger partial charge in [-0.2, -0.15) is 0 Å². The normalized spacial score (nSPS) is 12.1. The number of hydrogen-bond donors (Lipinski definition) is 0. The summed E-state index contributed by atoms with van der Waals surface area (Å²) in [6.45, 7) is 6.28. The van der Waals surface area contributed by atoms with Crippen molar-refractivity contribution in [1.82, 2.24) is 14.8 Å². The lowest BCUT2D eigenvalue weighted by atomic mass is 10.1. The van der Waals surface area contributed by atoms with Crippen LogP contribution in [-0.2, 0) is 15.6 Å². The Kier molecular flexibility index (Phi) is 4.60. The summed E-state index contributed by atoms with van der Waals surface area (Å²) in [6, 6.07) is 5.35. The Bertz CT molecular complexity index is 770. The smallest absolute Gasteiger partial charge is 0.296 e. The zero-order valence-corrected chi connectivity index (χ0v) is 14.2. The van der Waals surface area contributed by atoms with Crippen LogP contribution in [0.15, 0.2) is 23.4 Å². The second-order valence-corrected chi connectivity index (χ2v) is 8.10. The summed E-state index contributed by atoms with van der Waals surface area (Å²) in [5.41, 5.74) is 1.66. The van der Waals surface area contributed by atoms with Gasteiger partial charge in [0.1, 0.15) is 0 Å². The van der Waals surface area contributed by atoms with Crippen molar-refractivity contribution in [2.75, 3.05) is 0 Å². The summed E-state index contributed by atoms with van der Waals surface area (Å²) in [4.78, 5) is 0. The van der Waals surface area contributed by atoms with Crippen LogP contribution in [0.5, 0.6) is 0 Å². The lowest BCUT2D eigenvalue weighted by molar-refractivity contribution is 0.488. The molecule has 0 fully saturated rings. The number of hydrogen-bond acceptors (Lipinski definition) is 4. The van der Waals surface area contributed by atoms with Gasteiger partial charge in [0.15, 0.2) is 5.82 Å². The highest BCUT2D eigenvalue weighted by Crippen LogP contribution is 2.28. The molecular formula is C13H15Cl2N3O2S. The van der Waals surface area contributed by atoms with Crippen molar-refractivity contribution in [3.05, 3.63) is 28.8 Å². The van der Waals surface area contributed by atoms with Gasteiger partial charge in [-0.05, 0) is 30.5 Å². The van der Waals surface area contributed by atoms with Crippen molar-refractivity contribution in [1.29, 1.82) is 0 Å². The Balaban J connectivity index is 2.69. The lowest BCUT2D eigenvalue weighted by Crippen LogP contribution is -2.12. The second kappa shape index (κ2) is 5.94. The molecule has 0 N–H and O–H groups in total. The van der Waals surface area contributed by atoms with Crippen LogP contribution >= 0.6 is 22.3 Å². The van der Waals surface area contributed by atoms with E-state index in [1.54, 1.807) is 12.1 Å². The number of benzene rings is 1. The largest absolute Gasteiger partial charge is 0.297 e. The van der Waals surface area contributed by atoms with E-state index in [2.05, 4.69) is 10.2 Å². The van der Waals surface area contributed by atoms with E-state index in [0.29, 0.717) is 17.4 Å². The average molecular weight is 348 g/mol. The molecule has 2 aromatic rings. The van der Waals surface area contributed by atoms with E-state index < -0.39 is 9.05 Å². The monoisotopic (exact) mass is 347 g/mol. The molecule has 1 aromatic heterocycles. The first-order valence-corrected chi connectivity index (χ1v) is 9.03. The highest BCUT2D eigenvalue weighted by molar-refractivity contribution is 8.13. The number of aryl methyl sites for hydroxylation is 1. The van der Waals surface area contributed by atoms with Gasteiger partial charge in [-0.15, -0.1) is 10.2 Å². The van der Waals surface area contributed by atoms with Crippen molar-refractivity contribution < 1.29 is 8.42 Å². The fraction of sp³-hybridized carbons (Fsp3) is 0.385. The third-order valence-corrected chi connectivity index (χ3v) is 4.31. The Labute approximate surface area is 133 Å². The van der Waals surface area contributed by atoms with Crippen LogP contribution in [-0.4, -0.2) is 23.2 Å². The molecule has 0 aliphatic heterocycles. The standard InChI is InChI=1S/C13H15Cl2N3O2S/c1-8(2)7-18-12(16-17-13(18)21(15,19)20)11-6-10(14)5-4-9(11)3/h4-6,8H,7H2,1-3H3. The summed E-state index contributed by atoms with van der Waals surface area (Å²) in [6.07, 6.45) is 0. The fourth-order valence-electron chi connectivity index (χ4n) is 2.03. The minimum absolute atomic E-state index is 0.205. The van der Waals surface area contributed by atoms with Gasteiger partial charge in [0.25, 0.3) is 14.2 Å². The van der Waals surface area contributed by atoms with E-state index in [1.165, 1.54) is 4.57 Å². The number of nitrogens with zero attached hydrogens (tertiary/aromatic N) is 3. The van der Waals surface area contributed by atoms with Gasteiger partial charge in [-0.3, -0.25) is 4.57 Å². The summed E-state index contributed by atoms with van der Waals surface area (Å²) in [5, 5.41) is 8.04. The van der Waals surface area contributed by atoms with E-state index in [-0.39, 0.29) is 11.1 Å². The molecule has 0 amide bonds. The van der Waals surface area contributed by atoms with Crippen LogP contribution in [0.4, 0.5) is 0 Å². The molecule has 5 nitrogen and oxygen atoms in total. The molecule has 2 rings (SSSR count). The predicted molar refractivity (Wildman–Crippen MR) is 83.1 cm³/mol. The molecule has 0 spiro atoms. The van der Waals surface area contributed by atoms with E-state index in [1.807, 2.05) is 26.8 Å². The third kappa shape index (κ3) is 3.56. The summed E-state index contributed by atoms with van der Waals surface area (Å²) < 4.78 is 24.8. The molecule has 8 heteroatoms. The van der Waals surface area contributed by atoms with Crippen molar-refractivity contribution in [3.63, 3.8) is 0 Å². The van der Waals surface area contributed by atoms with E-state index in [9.17, 15) is 8.42 Å². The Morgan fingerprint density at radius 2 is 1.95 bits per heavy atom. The first-order chi connectivity index (χ1) is 9.70. The maximum Gasteiger partial charge on any atom is 0.296 e. The Morgan fingerprint density at radius 1 is 1.29 bits per heavy atom. The molecule has 0 saturated heterocycles. The number of aromatic nitrogens is 3. The lowest BCUT2D eigenvalue weighted by Gasteiger charge is -2.12. The van der Waals surface area contributed by atoms with Crippen LogP contribution in [0.25, 0.3) is 11.4 Å². The predicted octanol–water partition coefficient (Wildman–Crippen LogP) is 3.49. The molecule has 0 bridgehead atoms. The van der Waals surface area contributed by atoms with Crippen molar-refractivity contribution in [2.45, 2.75) is 32.5 Å². The summed E-state index contributed by atoms with van der Waals surface area (Å²) in [7, 11) is 1.48. The molecule has 114 valence electrons. The first-order valence-electron chi connectivity index (χ1n) is 6.34. The maximum atomic E-state index is 11.6. The van der Waals surface area contributed by atoms with E-state index >= 15 is 0 Å². The van der Waals surface area contributed by atoms with Gasteiger partial charge in [0.2, 0.25) is 0 Å². The highest BCUT2D eigenvalue weighted by atomic mass is 35.7. The molecule has 0 aliphatic carbocycles. The Morgan fingerprint density at radius 3 is 2.52 bits per heavy atom. The molecule has 0 unspecified atom stereocenters. The minimum Gasteiger partial charge on any atom is -0.297 e. The molecule has 0 saturated carbocycles. The van der Waals surface area contributed by atoms with Crippen LogP contribution in [0, 0.1) is 12.8 Å². The van der Waals surface area contributed by atoms with E-state index in [0.717, 1.165) is 11.1 Å². The average Bonchev–Trinajstić information content (AvgIpc) is 2.74. The molecule has 0 atom stereocenters. The van der Waals surface area contributed by atoms with Crippen LogP contribution in [0.3, 0.4) is 0 Å². The summed E-state index contributed by atoms with van der Waals surface area (Å²) >= 11 is 6.02. The molecule has 1 aromatic carbocycles. The van der Waals surface area contributed by atoms with Gasteiger partial charge in [0, 0.05) is 27.8 Å². The fourth-order valence-corrected chi connectivity index (χ4v) is 3.11. The zero-order chi connectivity index (χ0) is 15.8. The second-order valence-electron chi connectivity index (χ2n) is 5.21. The third-order valence-electron chi connectivity index (χ3n) is 2.92. The zero-order valence-electron chi connectivity index (χ0n) is 11.8. The quantitative estimate of drug-likeness (QED) is 0.794. The molecule has 0 aliphatic rings. The maximum absolute atomic E-state index is 11.6. The number of rotatable bonds is 4. The van der Waals surface area contributed by atoms with Gasteiger partial charge in [0.05, 0.1) is 0 Å². The highest BCUT2D eigenvalue weighted by Gasteiger charge is 2.24. The number of halogens is 2. The molecule has 21 heavy (non-hydrogen) atoms. The molecule has 0 radical (unpaired) electrons.